The number of benzene rings is 2. The van der Waals surface area contributed by atoms with Gasteiger partial charge in [-0.2, -0.15) is 0 Å². The van der Waals surface area contributed by atoms with Crippen molar-refractivity contribution in [3.63, 3.8) is 0 Å². The number of hydrogen-bond acceptors (Lipinski definition) is 12. The summed E-state index contributed by atoms with van der Waals surface area (Å²) in [5, 5.41) is 7.89. The van der Waals surface area contributed by atoms with Gasteiger partial charge in [0.1, 0.15) is 18.8 Å². The van der Waals surface area contributed by atoms with Crippen LogP contribution in [0, 0.1) is 6.92 Å². The second kappa shape index (κ2) is 12.7. The largest absolute Gasteiger partial charge is 0.463 e. The molecule has 3 aromatic rings. The van der Waals surface area contributed by atoms with Crippen LogP contribution >= 0.6 is 0 Å². The fraction of sp³-hybridized carbons (Fsp3) is 0.379. The number of rotatable bonds is 8. The number of aryl methyl sites for hydroxylation is 1. The maximum atomic E-state index is 12.2. The zero-order valence-electron chi connectivity index (χ0n) is 23.2. The Balaban J connectivity index is 1.72. The van der Waals surface area contributed by atoms with E-state index in [2.05, 4.69) is 10.2 Å². The van der Waals surface area contributed by atoms with E-state index in [0.717, 1.165) is 16.7 Å². The third-order valence-corrected chi connectivity index (χ3v) is 6.20. The topological polar surface area (TPSA) is 153 Å². The molecule has 0 radical (unpaired) electrons. The van der Waals surface area contributed by atoms with Gasteiger partial charge in [-0.05, 0) is 34.9 Å². The van der Waals surface area contributed by atoms with Crippen LogP contribution in [0.5, 0.6) is 0 Å². The van der Waals surface area contributed by atoms with Gasteiger partial charge < -0.3 is 28.1 Å². The molecule has 5 atom stereocenters. The van der Waals surface area contributed by atoms with E-state index in [-0.39, 0.29) is 6.61 Å². The summed E-state index contributed by atoms with van der Waals surface area (Å²) in [7, 11) is 0. The van der Waals surface area contributed by atoms with E-state index in [0.29, 0.717) is 17.3 Å². The predicted molar refractivity (Wildman–Crippen MR) is 141 cm³/mol. The molecule has 0 N–H and O–H groups in total. The minimum atomic E-state index is -1.25. The molecule has 4 rings (SSSR count). The summed E-state index contributed by atoms with van der Waals surface area (Å²) in [6.45, 7) is 6.20. The average Bonchev–Trinajstić information content (AvgIpc) is 3.35. The van der Waals surface area contributed by atoms with Crippen molar-refractivity contribution in [3.8, 4) is 22.6 Å². The SMILES string of the molecule is CC(=O)OCC1OC(c2cccc(-c3ccc(-c4nnc(C)o4)cc3)c2)C(OC(C)=O)C(OC(C)=O)C1OC(C)=O. The molecule has 216 valence electrons. The first-order valence-electron chi connectivity index (χ1n) is 12.8. The molecule has 12 heteroatoms. The highest BCUT2D eigenvalue weighted by atomic mass is 16.7. The van der Waals surface area contributed by atoms with Crippen molar-refractivity contribution in [3.05, 3.63) is 60.0 Å². The van der Waals surface area contributed by atoms with Gasteiger partial charge in [0.05, 0.1) is 0 Å². The maximum absolute atomic E-state index is 12.2. The van der Waals surface area contributed by atoms with Crippen molar-refractivity contribution >= 4 is 23.9 Å². The normalized spacial score (nSPS) is 21.9. The number of ether oxygens (including phenoxy) is 5. The smallest absolute Gasteiger partial charge is 0.303 e. The molecule has 1 fully saturated rings. The highest BCUT2D eigenvalue weighted by molar-refractivity contribution is 5.70. The molecule has 2 aromatic carbocycles. The van der Waals surface area contributed by atoms with Gasteiger partial charge in [-0.15, -0.1) is 10.2 Å². The van der Waals surface area contributed by atoms with Gasteiger partial charge in [0.25, 0.3) is 0 Å². The lowest BCUT2D eigenvalue weighted by Crippen LogP contribution is -2.59. The van der Waals surface area contributed by atoms with Gasteiger partial charge in [0, 0.05) is 40.2 Å². The second-order valence-electron chi connectivity index (χ2n) is 9.45. The van der Waals surface area contributed by atoms with E-state index < -0.39 is 54.4 Å². The van der Waals surface area contributed by atoms with E-state index in [1.807, 2.05) is 36.4 Å². The Bertz CT molecular complexity index is 1420. The summed E-state index contributed by atoms with van der Waals surface area (Å²) >= 11 is 0. The van der Waals surface area contributed by atoms with E-state index in [1.165, 1.54) is 27.7 Å². The van der Waals surface area contributed by atoms with Gasteiger partial charge in [0.2, 0.25) is 11.8 Å². The molecule has 1 aromatic heterocycles. The molecule has 5 unspecified atom stereocenters. The van der Waals surface area contributed by atoms with Crippen molar-refractivity contribution in [2.45, 2.75) is 65.1 Å². The Morgan fingerprint density at radius 3 is 1.93 bits per heavy atom. The van der Waals surface area contributed by atoms with Crippen molar-refractivity contribution in [2.75, 3.05) is 6.61 Å². The minimum absolute atomic E-state index is 0.301. The molecule has 2 heterocycles. The Morgan fingerprint density at radius 2 is 1.34 bits per heavy atom. The molecule has 12 nitrogen and oxygen atoms in total. The molecular formula is C29H30N2O10. The van der Waals surface area contributed by atoms with E-state index in [1.54, 1.807) is 19.1 Å². The Hall–Kier alpha value is -4.58. The quantitative estimate of drug-likeness (QED) is 0.289. The third kappa shape index (κ3) is 7.34. The van der Waals surface area contributed by atoms with E-state index in [9.17, 15) is 19.2 Å². The van der Waals surface area contributed by atoms with E-state index >= 15 is 0 Å². The van der Waals surface area contributed by atoms with Crippen LogP contribution in [0.2, 0.25) is 0 Å². The molecular weight excluding hydrogens is 536 g/mol. The summed E-state index contributed by atoms with van der Waals surface area (Å²) in [5.41, 5.74) is 3.00. The zero-order valence-corrected chi connectivity index (χ0v) is 23.2. The molecule has 0 saturated carbocycles. The predicted octanol–water partition coefficient (Wildman–Crippen LogP) is 3.51. The monoisotopic (exact) mass is 566 g/mol. The van der Waals surface area contributed by atoms with Crippen LogP contribution in [0.1, 0.15) is 45.3 Å². The van der Waals surface area contributed by atoms with Crippen molar-refractivity contribution in [1.29, 1.82) is 0 Å². The lowest BCUT2D eigenvalue weighted by molar-refractivity contribution is -0.254. The number of carbonyl (C=O) groups excluding carboxylic acids is 4. The first-order chi connectivity index (χ1) is 19.5. The summed E-state index contributed by atoms with van der Waals surface area (Å²) in [5.74, 6) is -1.77. The minimum Gasteiger partial charge on any atom is -0.463 e. The van der Waals surface area contributed by atoms with Crippen LogP contribution < -0.4 is 0 Å². The summed E-state index contributed by atoms with van der Waals surface area (Å²) in [4.78, 5) is 47.9. The van der Waals surface area contributed by atoms with Gasteiger partial charge in [-0.1, -0.05) is 30.3 Å². The molecule has 41 heavy (non-hydrogen) atoms. The van der Waals surface area contributed by atoms with Gasteiger partial charge in [0.15, 0.2) is 18.3 Å². The third-order valence-electron chi connectivity index (χ3n) is 6.20. The van der Waals surface area contributed by atoms with E-state index in [4.69, 9.17) is 28.1 Å². The lowest BCUT2D eigenvalue weighted by Gasteiger charge is -2.44. The molecule has 0 spiro atoms. The van der Waals surface area contributed by atoms with Gasteiger partial charge >= 0.3 is 23.9 Å². The zero-order chi connectivity index (χ0) is 29.7. The van der Waals surface area contributed by atoms with Crippen molar-refractivity contribution in [1.82, 2.24) is 10.2 Å². The van der Waals surface area contributed by atoms with Crippen LogP contribution in [0.4, 0.5) is 0 Å². The van der Waals surface area contributed by atoms with Crippen LogP contribution in [0.25, 0.3) is 22.6 Å². The van der Waals surface area contributed by atoms with Crippen LogP contribution in [-0.4, -0.2) is 65.1 Å². The Kier molecular flexibility index (Phi) is 9.13. The fourth-order valence-corrected chi connectivity index (χ4v) is 4.61. The van der Waals surface area contributed by atoms with Crippen LogP contribution in [0.15, 0.2) is 52.9 Å². The molecule has 0 bridgehead atoms. The highest BCUT2D eigenvalue weighted by Gasteiger charge is 2.52. The highest BCUT2D eigenvalue weighted by Crippen LogP contribution is 2.39. The maximum Gasteiger partial charge on any atom is 0.303 e. The first kappa shape index (κ1) is 29.4. The number of nitrogens with zero attached hydrogens (tertiary/aromatic N) is 2. The molecule has 1 aliphatic rings. The number of hydrogen-bond donors (Lipinski definition) is 0. The van der Waals surface area contributed by atoms with Gasteiger partial charge in [-0.3, -0.25) is 19.2 Å². The Labute approximate surface area is 235 Å². The standard InChI is InChI=1S/C29H30N2O10/c1-15-30-31-29(37-15)21-11-9-20(10-12-21)22-7-6-8-23(13-22)25-27(39-18(4)34)28(40-19(5)35)26(38-17(3)33)24(41-25)14-36-16(2)32/h6-13,24-28H,14H2,1-5H3. The number of aromatic nitrogens is 2. The van der Waals surface area contributed by atoms with Crippen molar-refractivity contribution in [2.24, 2.45) is 0 Å². The summed E-state index contributed by atoms with van der Waals surface area (Å²) in [6.07, 6.45) is -5.67. The molecule has 1 aliphatic heterocycles. The number of carbonyl (C=O) groups is 4. The van der Waals surface area contributed by atoms with Crippen molar-refractivity contribution < 1.29 is 47.3 Å². The van der Waals surface area contributed by atoms with Gasteiger partial charge in [-0.25, -0.2) is 0 Å². The average molecular weight is 567 g/mol. The fourth-order valence-electron chi connectivity index (χ4n) is 4.61. The van der Waals surface area contributed by atoms with Crippen LogP contribution in [-0.2, 0) is 42.9 Å². The molecule has 0 aliphatic carbocycles. The molecule has 0 amide bonds. The second-order valence-corrected chi connectivity index (χ2v) is 9.45. The first-order valence-corrected chi connectivity index (χ1v) is 12.8. The summed E-state index contributed by atoms with van der Waals surface area (Å²) < 4.78 is 33.5. The summed E-state index contributed by atoms with van der Waals surface area (Å²) in [6, 6.07) is 14.8. The molecule has 1 saturated heterocycles. The Morgan fingerprint density at radius 1 is 0.732 bits per heavy atom. The van der Waals surface area contributed by atoms with Crippen LogP contribution in [0.3, 0.4) is 0 Å². The lowest BCUT2D eigenvalue weighted by atomic mass is 9.89. The number of esters is 4.